The van der Waals surface area contributed by atoms with E-state index in [1.54, 1.807) is 6.07 Å². The van der Waals surface area contributed by atoms with Gasteiger partial charge in [0.1, 0.15) is 21.2 Å². The van der Waals surface area contributed by atoms with E-state index in [0.717, 1.165) is 47.1 Å². The molecule has 28 heavy (non-hydrogen) atoms. The van der Waals surface area contributed by atoms with Crippen LogP contribution in [0.15, 0.2) is 24.3 Å². The first-order valence-corrected chi connectivity index (χ1v) is 10.8. The van der Waals surface area contributed by atoms with Crippen LogP contribution in [0.3, 0.4) is 0 Å². The molecule has 0 amide bonds. The average Bonchev–Trinajstić information content (AvgIpc) is 2.65. The molecule has 0 radical (unpaired) electrons. The Morgan fingerprint density at radius 2 is 1.82 bits per heavy atom. The molecule has 1 aromatic heterocycles. The topological polar surface area (TPSA) is 52.5 Å². The minimum Gasteiger partial charge on any atom is -0.392 e. The highest BCUT2D eigenvalue weighted by Gasteiger charge is 2.24. The van der Waals surface area contributed by atoms with Crippen molar-refractivity contribution in [3.63, 3.8) is 0 Å². The molecule has 0 bridgehead atoms. The van der Waals surface area contributed by atoms with Crippen molar-refractivity contribution in [1.29, 1.82) is 0 Å². The van der Waals surface area contributed by atoms with Crippen LogP contribution in [0.4, 0.5) is 10.2 Å². The van der Waals surface area contributed by atoms with Gasteiger partial charge < -0.3 is 10.0 Å². The fourth-order valence-electron chi connectivity index (χ4n) is 3.41. The van der Waals surface area contributed by atoms with Crippen LogP contribution < -0.4 is 4.90 Å². The van der Waals surface area contributed by atoms with Crippen molar-refractivity contribution in [3.8, 4) is 0 Å². The number of β-amino-alcohol motifs (C(OH)–C–C–N with tert-alkyl or cyclic N) is 1. The molecule has 1 aliphatic heterocycles. The third-order valence-electron chi connectivity index (χ3n) is 5.26. The summed E-state index contributed by atoms with van der Waals surface area (Å²) in [4.78, 5) is 13.8. The summed E-state index contributed by atoms with van der Waals surface area (Å²) < 4.78 is 15.1. The van der Waals surface area contributed by atoms with Crippen molar-refractivity contribution < 1.29 is 9.50 Å². The zero-order valence-corrected chi connectivity index (χ0v) is 18.9. The molecule has 1 unspecified atom stereocenters. The van der Waals surface area contributed by atoms with Gasteiger partial charge in [-0.3, -0.25) is 4.90 Å². The smallest absolute Gasteiger partial charge is 0.137 e. The maximum atomic E-state index is 14.2. The number of piperazine rings is 1. The van der Waals surface area contributed by atoms with Gasteiger partial charge in [0.25, 0.3) is 0 Å². The van der Waals surface area contributed by atoms with Crippen LogP contribution in [-0.2, 0) is 6.42 Å². The zero-order valence-electron chi connectivity index (χ0n) is 16.7. The molecule has 2 heterocycles. The minimum absolute atomic E-state index is 0.197. The quantitative estimate of drug-likeness (QED) is 0.490. The molecule has 0 saturated carbocycles. The van der Waals surface area contributed by atoms with Crippen molar-refractivity contribution in [2.75, 3.05) is 37.6 Å². The third-order valence-corrected chi connectivity index (χ3v) is 6.15. The second-order valence-electron chi connectivity index (χ2n) is 7.73. The number of rotatable bonds is 6. The predicted molar refractivity (Wildman–Crippen MR) is 118 cm³/mol. The molecule has 3 rings (SSSR count). The van der Waals surface area contributed by atoms with E-state index in [1.807, 2.05) is 32.9 Å². The van der Waals surface area contributed by atoms with Crippen LogP contribution in [0.1, 0.15) is 30.8 Å². The summed E-state index contributed by atoms with van der Waals surface area (Å²) in [5.41, 5.74) is 1.64. The van der Waals surface area contributed by atoms with Crippen LogP contribution >= 0.6 is 22.6 Å². The van der Waals surface area contributed by atoms with Gasteiger partial charge in [-0.2, -0.15) is 0 Å². The van der Waals surface area contributed by atoms with Gasteiger partial charge in [-0.1, -0.05) is 32.0 Å². The Hall–Kier alpha value is -1.32. The maximum absolute atomic E-state index is 14.2. The standard InChI is InChI=1S/C21H28FIN4O/c1-14(2)19(28)13-26-8-10-27(11-9-26)21-17(20(23)24-15(3)25-21)12-16-6-4-5-7-18(16)22/h4-7,14,19,28H,8-13H2,1-3H3. The van der Waals surface area contributed by atoms with Crippen LogP contribution in [0, 0.1) is 22.4 Å². The molecular formula is C21H28FIN4O. The van der Waals surface area contributed by atoms with Gasteiger partial charge in [0.15, 0.2) is 0 Å². The van der Waals surface area contributed by atoms with E-state index in [2.05, 4.69) is 37.4 Å². The van der Waals surface area contributed by atoms with Crippen LogP contribution in [-0.4, -0.2) is 58.8 Å². The first-order valence-electron chi connectivity index (χ1n) is 9.77. The van der Waals surface area contributed by atoms with E-state index < -0.39 is 0 Å². The fourth-order valence-corrected chi connectivity index (χ4v) is 4.19. The van der Waals surface area contributed by atoms with Crippen LogP contribution in [0.5, 0.6) is 0 Å². The zero-order chi connectivity index (χ0) is 20.3. The summed E-state index contributed by atoms with van der Waals surface area (Å²) in [5, 5.41) is 10.2. The first-order chi connectivity index (χ1) is 13.3. The Labute approximate surface area is 180 Å². The molecule has 1 fully saturated rings. The molecule has 0 spiro atoms. The molecule has 7 heteroatoms. The Morgan fingerprint density at radius 1 is 1.14 bits per heavy atom. The van der Waals surface area contributed by atoms with Gasteiger partial charge in [-0.15, -0.1) is 0 Å². The lowest BCUT2D eigenvalue weighted by atomic mass is 10.1. The fraction of sp³-hybridized carbons (Fsp3) is 0.524. The van der Waals surface area contributed by atoms with E-state index in [9.17, 15) is 9.50 Å². The molecule has 1 aromatic carbocycles. The van der Waals surface area contributed by atoms with Gasteiger partial charge in [0, 0.05) is 44.7 Å². The molecule has 0 aliphatic carbocycles. The van der Waals surface area contributed by atoms with Crippen molar-refractivity contribution in [1.82, 2.24) is 14.9 Å². The second kappa shape index (κ2) is 9.45. The highest BCUT2D eigenvalue weighted by molar-refractivity contribution is 14.1. The molecule has 1 atom stereocenters. The Kier molecular flexibility index (Phi) is 7.22. The molecule has 152 valence electrons. The highest BCUT2D eigenvalue weighted by atomic mass is 127. The molecule has 1 aliphatic rings. The number of nitrogens with zero attached hydrogens (tertiary/aromatic N) is 4. The average molecular weight is 498 g/mol. The van der Waals surface area contributed by atoms with E-state index >= 15 is 0 Å². The number of halogens is 2. The Balaban J connectivity index is 1.78. The van der Waals surface area contributed by atoms with Crippen LogP contribution in [0.25, 0.3) is 0 Å². The second-order valence-corrected chi connectivity index (χ2v) is 8.75. The number of hydrogen-bond donors (Lipinski definition) is 1. The Morgan fingerprint density at radius 3 is 2.46 bits per heavy atom. The van der Waals surface area contributed by atoms with Crippen molar-refractivity contribution in [3.05, 3.63) is 50.7 Å². The van der Waals surface area contributed by atoms with Crippen molar-refractivity contribution in [2.45, 2.75) is 33.3 Å². The van der Waals surface area contributed by atoms with Gasteiger partial charge in [0.05, 0.1) is 6.10 Å². The van der Waals surface area contributed by atoms with Crippen molar-refractivity contribution in [2.24, 2.45) is 5.92 Å². The van der Waals surface area contributed by atoms with Crippen LogP contribution in [0.2, 0.25) is 0 Å². The van der Waals surface area contributed by atoms with Crippen molar-refractivity contribution >= 4 is 28.4 Å². The van der Waals surface area contributed by atoms with Gasteiger partial charge in [0.2, 0.25) is 0 Å². The molecule has 1 saturated heterocycles. The molecule has 1 N–H and O–H groups in total. The lowest BCUT2D eigenvalue weighted by Gasteiger charge is -2.37. The predicted octanol–water partition coefficient (Wildman–Crippen LogP) is 3.26. The monoisotopic (exact) mass is 498 g/mol. The lowest BCUT2D eigenvalue weighted by Crippen LogP contribution is -2.49. The summed E-state index contributed by atoms with van der Waals surface area (Å²) in [6.45, 7) is 10.1. The number of aliphatic hydroxyl groups is 1. The number of aryl methyl sites for hydroxylation is 1. The molecule has 5 nitrogen and oxygen atoms in total. The van der Waals surface area contributed by atoms with E-state index in [0.29, 0.717) is 18.5 Å². The van der Waals surface area contributed by atoms with E-state index in [1.165, 1.54) is 6.07 Å². The summed E-state index contributed by atoms with van der Waals surface area (Å²) in [5.74, 6) is 1.70. The number of benzene rings is 1. The SMILES string of the molecule is Cc1nc(I)c(Cc2ccccc2F)c(N2CCN(CC(O)C(C)C)CC2)n1. The number of aliphatic hydroxyl groups excluding tert-OH is 1. The van der Waals surface area contributed by atoms with E-state index in [4.69, 9.17) is 4.98 Å². The maximum Gasteiger partial charge on any atom is 0.137 e. The van der Waals surface area contributed by atoms with Gasteiger partial charge in [-0.05, 0) is 47.1 Å². The first kappa shape index (κ1) is 21.4. The highest BCUT2D eigenvalue weighted by Crippen LogP contribution is 2.27. The van der Waals surface area contributed by atoms with Gasteiger partial charge >= 0.3 is 0 Å². The molecular weight excluding hydrogens is 470 g/mol. The summed E-state index contributed by atoms with van der Waals surface area (Å²) in [7, 11) is 0. The minimum atomic E-state index is -0.301. The van der Waals surface area contributed by atoms with Gasteiger partial charge in [-0.25, -0.2) is 14.4 Å². The molecule has 2 aromatic rings. The lowest BCUT2D eigenvalue weighted by molar-refractivity contribution is 0.0738. The third kappa shape index (κ3) is 5.18. The summed E-state index contributed by atoms with van der Waals surface area (Å²) in [6.07, 6.45) is 0.178. The normalized spacial score (nSPS) is 16.6. The van der Waals surface area contributed by atoms with E-state index in [-0.39, 0.29) is 17.8 Å². The number of aromatic nitrogens is 2. The number of hydrogen-bond acceptors (Lipinski definition) is 5. The number of anilines is 1. The summed E-state index contributed by atoms with van der Waals surface area (Å²) >= 11 is 2.23. The summed E-state index contributed by atoms with van der Waals surface area (Å²) in [6, 6.07) is 6.88. The Bertz CT molecular complexity index is 809. The largest absolute Gasteiger partial charge is 0.392 e.